The number of amides is 1. The lowest BCUT2D eigenvalue weighted by Gasteiger charge is -2.30. The van der Waals surface area contributed by atoms with Crippen molar-refractivity contribution in [2.24, 2.45) is 0 Å². The van der Waals surface area contributed by atoms with Gasteiger partial charge in [-0.15, -0.1) is 0 Å². The van der Waals surface area contributed by atoms with Gasteiger partial charge in [-0.2, -0.15) is 0 Å². The van der Waals surface area contributed by atoms with Gasteiger partial charge in [-0.05, 0) is 54.7 Å². The predicted octanol–water partition coefficient (Wildman–Crippen LogP) is 3.25. The van der Waals surface area contributed by atoms with E-state index in [1.165, 1.54) is 38.9 Å². The molecule has 0 radical (unpaired) electrons. The van der Waals surface area contributed by atoms with E-state index in [0.29, 0.717) is 12.1 Å². The molecule has 0 N–H and O–H groups in total. The van der Waals surface area contributed by atoms with Gasteiger partial charge in [-0.3, -0.25) is 4.79 Å². The number of nitrogens with zero attached hydrogens (tertiary/aromatic N) is 2. The lowest BCUT2D eigenvalue weighted by atomic mass is 9.98. The van der Waals surface area contributed by atoms with Gasteiger partial charge < -0.3 is 9.64 Å². The minimum atomic E-state index is -3.67. The Morgan fingerprint density at radius 1 is 1.21 bits per heavy atom. The van der Waals surface area contributed by atoms with Crippen molar-refractivity contribution in [2.75, 3.05) is 32.6 Å². The van der Waals surface area contributed by atoms with E-state index >= 15 is 0 Å². The van der Waals surface area contributed by atoms with Gasteiger partial charge in [0.15, 0.2) is 0 Å². The van der Waals surface area contributed by atoms with E-state index in [4.69, 9.17) is 4.74 Å². The number of carbonyl (C=O) groups is 1. The molecular formula is C22H26N2O4S. The molecule has 7 heteroatoms. The molecule has 0 aliphatic carbocycles. The van der Waals surface area contributed by atoms with Crippen LogP contribution in [0.3, 0.4) is 0 Å². The molecule has 0 spiro atoms. The van der Waals surface area contributed by atoms with Gasteiger partial charge in [-0.1, -0.05) is 24.3 Å². The number of hydrogen-bond donors (Lipinski definition) is 0. The van der Waals surface area contributed by atoms with E-state index < -0.39 is 10.0 Å². The maximum absolute atomic E-state index is 12.9. The maximum atomic E-state index is 12.9. The van der Waals surface area contributed by atoms with Crippen LogP contribution < -0.4 is 9.64 Å². The summed E-state index contributed by atoms with van der Waals surface area (Å²) < 4.78 is 31.5. The molecule has 154 valence electrons. The summed E-state index contributed by atoms with van der Waals surface area (Å²) >= 11 is 0. The fourth-order valence-electron chi connectivity index (χ4n) is 3.52. The lowest BCUT2D eigenvalue weighted by Crippen LogP contribution is -2.34. The molecule has 1 amide bonds. The lowest BCUT2D eigenvalue weighted by molar-refractivity contribution is -0.114. The Hall–Kier alpha value is -2.64. The van der Waals surface area contributed by atoms with Gasteiger partial charge in [0.05, 0.1) is 12.8 Å². The molecule has 1 aliphatic rings. The topological polar surface area (TPSA) is 66.9 Å². The van der Waals surface area contributed by atoms with E-state index in [2.05, 4.69) is 6.07 Å². The van der Waals surface area contributed by atoms with Crippen LogP contribution in [0, 0.1) is 6.92 Å². The summed E-state index contributed by atoms with van der Waals surface area (Å²) in [5, 5.41) is 0. The highest BCUT2D eigenvalue weighted by molar-refractivity contribution is 7.89. The van der Waals surface area contributed by atoms with Crippen molar-refractivity contribution in [3.8, 4) is 5.75 Å². The fraction of sp³-hybridized carbons (Fsp3) is 0.318. The Balaban J connectivity index is 1.91. The zero-order valence-corrected chi connectivity index (χ0v) is 18.0. The van der Waals surface area contributed by atoms with Crippen LogP contribution in [0.1, 0.15) is 23.1 Å². The number of ether oxygens (including phenoxy) is 1. The molecule has 0 aromatic heterocycles. The first kappa shape index (κ1) is 21.1. The fourth-order valence-corrected chi connectivity index (χ4v) is 4.60. The number of para-hydroxylation sites is 1. The molecule has 2 aromatic rings. The number of anilines is 1. The quantitative estimate of drug-likeness (QED) is 0.705. The summed E-state index contributed by atoms with van der Waals surface area (Å²) in [5.74, 6) is 0.149. The maximum Gasteiger partial charge on any atom is 0.251 e. The first-order valence-corrected chi connectivity index (χ1v) is 10.9. The smallest absolute Gasteiger partial charge is 0.251 e. The number of aryl methyl sites for hydroxylation is 2. The molecule has 0 fully saturated rings. The Bertz CT molecular complexity index is 1060. The average molecular weight is 415 g/mol. The van der Waals surface area contributed by atoms with Crippen LogP contribution >= 0.6 is 0 Å². The van der Waals surface area contributed by atoms with Crippen LogP contribution in [0.25, 0.3) is 6.08 Å². The van der Waals surface area contributed by atoms with Gasteiger partial charge in [-0.25, -0.2) is 12.7 Å². The predicted molar refractivity (Wildman–Crippen MR) is 115 cm³/mol. The highest BCUT2D eigenvalue weighted by Crippen LogP contribution is 2.31. The van der Waals surface area contributed by atoms with E-state index in [0.717, 1.165) is 28.4 Å². The summed E-state index contributed by atoms with van der Waals surface area (Å²) in [5.41, 5.74) is 3.86. The molecule has 0 unspecified atom stereocenters. The minimum absolute atomic E-state index is 0.0683. The van der Waals surface area contributed by atoms with Gasteiger partial charge in [0.2, 0.25) is 10.0 Å². The van der Waals surface area contributed by atoms with Gasteiger partial charge in [0, 0.05) is 26.7 Å². The second-order valence-corrected chi connectivity index (χ2v) is 9.33. The van der Waals surface area contributed by atoms with Crippen molar-refractivity contribution in [1.82, 2.24) is 4.31 Å². The molecule has 1 heterocycles. The van der Waals surface area contributed by atoms with Crippen molar-refractivity contribution in [1.29, 1.82) is 0 Å². The van der Waals surface area contributed by atoms with Gasteiger partial charge in [0.1, 0.15) is 10.6 Å². The molecule has 29 heavy (non-hydrogen) atoms. The molecule has 0 atom stereocenters. The number of sulfonamides is 1. The Labute approximate surface area is 172 Å². The van der Waals surface area contributed by atoms with Crippen molar-refractivity contribution < 1.29 is 17.9 Å². The van der Waals surface area contributed by atoms with Crippen molar-refractivity contribution in [2.45, 2.75) is 24.7 Å². The number of fused-ring (bicyclic) bond motifs is 1. The van der Waals surface area contributed by atoms with Crippen LogP contribution in [0.15, 0.2) is 47.4 Å². The molecule has 0 saturated heterocycles. The van der Waals surface area contributed by atoms with E-state index in [1.54, 1.807) is 23.1 Å². The van der Waals surface area contributed by atoms with E-state index in [9.17, 15) is 13.2 Å². The molecule has 0 saturated carbocycles. The van der Waals surface area contributed by atoms with Crippen LogP contribution in [0.2, 0.25) is 0 Å². The Morgan fingerprint density at radius 3 is 2.66 bits per heavy atom. The number of benzene rings is 2. The standard InChI is InChI=1S/C22H26N2O4S/c1-16-7-5-8-18-9-6-14-24(22(16)18)21(25)13-11-17-10-12-19(28-4)20(15-17)29(26,27)23(2)3/h5,7-8,10-13,15H,6,9,14H2,1-4H3/b13-11+. The van der Waals surface area contributed by atoms with E-state index in [-0.39, 0.29) is 16.6 Å². The molecular weight excluding hydrogens is 388 g/mol. The van der Waals surface area contributed by atoms with Crippen molar-refractivity contribution in [3.63, 3.8) is 0 Å². The largest absolute Gasteiger partial charge is 0.495 e. The zero-order chi connectivity index (χ0) is 21.2. The number of carbonyl (C=O) groups excluding carboxylic acids is 1. The van der Waals surface area contributed by atoms with Crippen molar-refractivity contribution >= 4 is 27.7 Å². The summed E-state index contributed by atoms with van der Waals surface area (Å²) in [6.45, 7) is 2.68. The van der Waals surface area contributed by atoms with Crippen LogP contribution in [0.5, 0.6) is 5.75 Å². The minimum Gasteiger partial charge on any atom is -0.495 e. The number of rotatable bonds is 5. The molecule has 3 rings (SSSR count). The second-order valence-electron chi connectivity index (χ2n) is 7.21. The van der Waals surface area contributed by atoms with Gasteiger partial charge in [0.25, 0.3) is 5.91 Å². The summed E-state index contributed by atoms with van der Waals surface area (Å²) in [7, 11) is 0.700. The normalized spacial score (nSPS) is 14.3. The van der Waals surface area contributed by atoms with Crippen LogP contribution in [0.4, 0.5) is 5.69 Å². The van der Waals surface area contributed by atoms with Gasteiger partial charge >= 0.3 is 0 Å². The average Bonchev–Trinajstić information content (AvgIpc) is 2.71. The van der Waals surface area contributed by atoms with Crippen LogP contribution in [-0.4, -0.2) is 46.4 Å². The zero-order valence-electron chi connectivity index (χ0n) is 17.2. The third kappa shape index (κ3) is 4.21. The molecule has 2 aromatic carbocycles. The van der Waals surface area contributed by atoms with E-state index in [1.807, 2.05) is 19.1 Å². The molecule has 0 bridgehead atoms. The highest BCUT2D eigenvalue weighted by Gasteiger charge is 2.24. The van der Waals surface area contributed by atoms with Crippen LogP contribution in [-0.2, 0) is 21.2 Å². The molecule has 1 aliphatic heterocycles. The summed E-state index contributed by atoms with van der Waals surface area (Å²) in [4.78, 5) is 14.8. The second kappa shape index (κ2) is 8.39. The Morgan fingerprint density at radius 2 is 1.97 bits per heavy atom. The number of hydrogen-bond acceptors (Lipinski definition) is 4. The number of methoxy groups -OCH3 is 1. The first-order chi connectivity index (χ1) is 13.8. The third-order valence-electron chi connectivity index (χ3n) is 5.05. The van der Waals surface area contributed by atoms with Crippen molar-refractivity contribution in [3.05, 3.63) is 59.2 Å². The highest BCUT2D eigenvalue weighted by atomic mass is 32.2. The monoisotopic (exact) mass is 414 g/mol. The molecule has 6 nitrogen and oxygen atoms in total. The Kier molecular flexibility index (Phi) is 6.10. The SMILES string of the molecule is COc1ccc(/C=C/C(=O)N2CCCc3cccc(C)c32)cc1S(=O)(=O)N(C)C. The summed E-state index contributed by atoms with van der Waals surface area (Å²) in [6.07, 6.45) is 5.02. The summed E-state index contributed by atoms with van der Waals surface area (Å²) in [6, 6.07) is 10.9. The third-order valence-corrected chi connectivity index (χ3v) is 6.89. The first-order valence-electron chi connectivity index (χ1n) is 9.44.